The number of carboxylic acid groups (broad SMARTS) is 1. The zero-order valence-corrected chi connectivity index (χ0v) is 14.9. The highest BCUT2D eigenvalue weighted by molar-refractivity contribution is 5.74. The standard InChI is InChI=1S/C16H17N3O.C3H6O2/c1-10(2)12-5-4-6-15(16(12)20)19-17-13-8-7-11(3)9-14(13)18-19;1-2-3(4)5/h4-10,20H,1-3H3;2H2,1H3,(H,4,5). The van der Waals surface area contributed by atoms with Crippen LogP contribution in [0.15, 0.2) is 36.4 Å². The first-order valence-corrected chi connectivity index (χ1v) is 8.21. The molecule has 0 unspecified atom stereocenters. The second-order valence-electron chi connectivity index (χ2n) is 6.10. The Morgan fingerprint density at radius 3 is 2.40 bits per heavy atom. The number of rotatable bonds is 3. The summed E-state index contributed by atoms with van der Waals surface area (Å²) in [6.45, 7) is 7.72. The molecule has 0 bridgehead atoms. The predicted octanol–water partition coefficient (Wildman–Crippen LogP) is 4.04. The summed E-state index contributed by atoms with van der Waals surface area (Å²) < 4.78 is 0. The Hall–Kier alpha value is -2.89. The first-order chi connectivity index (χ1) is 11.8. The van der Waals surface area contributed by atoms with E-state index in [0.29, 0.717) is 5.69 Å². The number of phenolic OH excluding ortho intramolecular Hbond substituents is 1. The van der Waals surface area contributed by atoms with Gasteiger partial charge in [-0.3, -0.25) is 4.79 Å². The summed E-state index contributed by atoms with van der Waals surface area (Å²) in [5.74, 6) is -0.244. The van der Waals surface area contributed by atoms with Crippen molar-refractivity contribution >= 4 is 17.0 Å². The molecule has 132 valence electrons. The number of nitrogens with zero attached hydrogens (tertiary/aromatic N) is 3. The van der Waals surface area contributed by atoms with Crippen molar-refractivity contribution in [3.8, 4) is 11.4 Å². The minimum atomic E-state index is -0.745. The Kier molecular flexibility index (Phi) is 5.75. The molecule has 0 atom stereocenters. The summed E-state index contributed by atoms with van der Waals surface area (Å²) in [5, 5.41) is 27.0. The van der Waals surface area contributed by atoms with Crippen molar-refractivity contribution in [2.45, 2.75) is 40.0 Å². The van der Waals surface area contributed by atoms with Crippen LogP contribution in [0.5, 0.6) is 5.75 Å². The number of hydrogen-bond acceptors (Lipinski definition) is 4. The third kappa shape index (κ3) is 4.35. The van der Waals surface area contributed by atoms with Gasteiger partial charge < -0.3 is 10.2 Å². The zero-order chi connectivity index (χ0) is 18.6. The molecule has 0 aliphatic carbocycles. The number of aliphatic carboxylic acids is 1. The topological polar surface area (TPSA) is 88.2 Å². The highest BCUT2D eigenvalue weighted by Crippen LogP contribution is 2.31. The van der Waals surface area contributed by atoms with Crippen molar-refractivity contribution in [3.63, 3.8) is 0 Å². The number of benzene rings is 2. The van der Waals surface area contributed by atoms with Crippen LogP contribution in [0.3, 0.4) is 0 Å². The second-order valence-corrected chi connectivity index (χ2v) is 6.10. The molecule has 0 aliphatic heterocycles. The highest BCUT2D eigenvalue weighted by Gasteiger charge is 2.13. The van der Waals surface area contributed by atoms with Gasteiger partial charge in [-0.1, -0.05) is 39.0 Å². The molecule has 0 amide bonds. The maximum absolute atomic E-state index is 10.4. The van der Waals surface area contributed by atoms with Crippen molar-refractivity contribution in [2.24, 2.45) is 0 Å². The van der Waals surface area contributed by atoms with Crippen molar-refractivity contribution < 1.29 is 15.0 Å². The van der Waals surface area contributed by atoms with Crippen molar-refractivity contribution in [3.05, 3.63) is 47.5 Å². The molecular formula is C19H23N3O3. The Bertz CT molecular complexity index is 885. The van der Waals surface area contributed by atoms with Gasteiger partial charge in [0.25, 0.3) is 0 Å². The minimum Gasteiger partial charge on any atom is -0.505 e. The van der Waals surface area contributed by atoms with Crippen LogP contribution >= 0.6 is 0 Å². The summed E-state index contributed by atoms with van der Waals surface area (Å²) in [4.78, 5) is 10.9. The molecule has 6 heteroatoms. The normalized spacial score (nSPS) is 10.6. The van der Waals surface area contributed by atoms with Gasteiger partial charge in [-0.15, -0.1) is 15.0 Å². The van der Waals surface area contributed by atoms with Gasteiger partial charge in [-0.25, -0.2) is 0 Å². The lowest BCUT2D eigenvalue weighted by molar-refractivity contribution is -0.136. The number of para-hydroxylation sites is 1. The molecule has 3 aromatic rings. The molecule has 3 rings (SSSR count). The number of phenols is 1. The molecule has 1 aromatic heterocycles. The fourth-order valence-corrected chi connectivity index (χ4v) is 2.31. The van der Waals surface area contributed by atoms with Crippen LogP contribution in [-0.4, -0.2) is 31.2 Å². The van der Waals surface area contributed by atoms with Crippen molar-refractivity contribution in [2.75, 3.05) is 0 Å². The number of aryl methyl sites for hydroxylation is 1. The lowest BCUT2D eigenvalue weighted by Crippen LogP contribution is -2.01. The van der Waals surface area contributed by atoms with E-state index in [-0.39, 0.29) is 18.1 Å². The molecule has 0 saturated heterocycles. The number of carboxylic acids is 1. The minimum absolute atomic E-state index is 0.222. The van der Waals surface area contributed by atoms with Crippen molar-refractivity contribution in [1.82, 2.24) is 15.0 Å². The largest absolute Gasteiger partial charge is 0.505 e. The first kappa shape index (κ1) is 18.4. The van der Waals surface area contributed by atoms with Gasteiger partial charge in [-0.2, -0.15) is 0 Å². The molecule has 0 fully saturated rings. The summed E-state index contributed by atoms with van der Waals surface area (Å²) in [6, 6.07) is 11.6. The van der Waals surface area contributed by atoms with E-state index in [1.807, 2.05) is 43.3 Å². The van der Waals surface area contributed by atoms with Crippen LogP contribution in [0.2, 0.25) is 0 Å². The third-order valence-electron chi connectivity index (χ3n) is 3.72. The molecule has 25 heavy (non-hydrogen) atoms. The van der Waals surface area contributed by atoms with E-state index in [2.05, 4.69) is 24.0 Å². The number of fused-ring (bicyclic) bond motifs is 1. The molecule has 0 saturated carbocycles. The van der Waals surface area contributed by atoms with Gasteiger partial charge in [0.2, 0.25) is 0 Å². The average Bonchev–Trinajstić information content (AvgIpc) is 2.98. The predicted molar refractivity (Wildman–Crippen MR) is 97.3 cm³/mol. The zero-order valence-electron chi connectivity index (χ0n) is 14.9. The summed E-state index contributed by atoms with van der Waals surface area (Å²) in [6.07, 6.45) is 0.222. The van der Waals surface area contributed by atoms with Crippen LogP contribution < -0.4 is 0 Å². The average molecular weight is 341 g/mol. The molecule has 2 N–H and O–H groups in total. The van der Waals surface area contributed by atoms with Gasteiger partial charge in [0.15, 0.2) is 0 Å². The first-order valence-electron chi connectivity index (χ1n) is 8.21. The van der Waals surface area contributed by atoms with Crippen LogP contribution in [0.25, 0.3) is 16.7 Å². The SMILES string of the molecule is CCC(=O)O.Cc1ccc2nn(-c3cccc(C(C)C)c3O)nc2c1. The van der Waals surface area contributed by atoms with Gasteiger partial charge in [0.1, 0.15) is 22.5 Å². The molecule has 0 aliphatic rings. The fraction of sp³-hybridized carbons (Fsp3) is 0.316. The fourth-order valence-electron chi connectivity index (χ4n) is 2.31. The maximum atomic E-state index is 10.4. The Morgan fingerprint density at radius 2 is 1.80 bits per heavy atom. The summed E-state index contributed by atoms with van der Waals surface area (Å²) >= 11 is 0. The molecule has 0 spiro atoms. The van der Waals surface area contributed by atoms with E-state index in [0.717, 1.165) is 22.2 Å². The van der Waals surface area contributed by atoms with Crippen LogP contribution in [0.4, 0.5) is 0 Å². The van der Waals surface area contributed by atoms with E-state index in [1.165, 1.54) is 4.80 Å². The Morgan fingerprint density at radius 1 is 1.16 bits per heavy atom. The van der Waals surface area contributed by atoms with E-state index in [4.69, 9.17) is 5.11 Å². The lowest BCUT2D eigenvalue weighted by Gasteiger charge is -2.11. The van der Waals surface area contributed by atoms with Crippen LogP contribution in [0.1, 0.15) is 44.2 Å². The molecule has 2 aromatic carbocycles. The van der Waals surface area contributed by atoms with E-state index < -0.39 is 5.97 Å². The third-order valence-corrected chi connectivity index (χ3v) is 3.72. The quantitative estimate of drug-likeness (QED) is 0.750. The number of carbonyl (C=O) groups is 1. The molecule has 6 nitrogen and oxygen atoms in total. The Labute approximate surface area is 146 Å². The number of aromatic nitrogens is 3. The maximum Gasteiger partial charge on any atom is 0.303 e. The van der Waals surface area contributed by atoms with Gasteiger partial charge in [-0.05, 0) is 42.2 Å². The number of hydrogen-bond donors (Lipinski definition) is 2. The highest BCUT2D eigenvalue weighted by atomic mass is 16.4. The van der Waals surface area contributed by atoms with Crippen molar-refractivity contribution in [1.29, 1.82) is 0 Å². The lowest BCUT2D eigenvalue weighted by atomic mass is 10.0. The summed E-state index contributed by atoms with van der Waals surface area (Å²) in [5.41, 5.74) is 4.32. The van der Waals surface area contributed by atoms with E-state index in [1.54, 1.807) is 6.92 Å². The number of aromatic hydroxyl groups is 1. The Balaban J connectivity index is 0.000000399. The van der Waals surface area contributed by atoms with Crippen LogP contribution in [-0.2, 0) is 4.79 Å². The van der Waals surface area contributed by atoms with Gasteiger partial charge in [0.05, 0.1) is 0 Å². The molecular weight excluding hydrogens is 318 g/mol. The molecule has 1 heterocycles. The molecule has 0 radical (unpaired) electrons. The van der Waals surface area contributed by atoms with Crippen LogP contribution in [0, 0.1) is 6.92 Å². The van der Waals surface area contributed by atoms with Gasteiger partial charge >= 0.3 is 5.97 Å². The second kappa shape index (κ2) is 7.79. The van der Waals surface area contributed by atoms with E-state index in [9.17, 15) is 9.90 Å². The van der Waals surface area contributed by atoms with E-state index >= 15 is 0 Å². The summed E-state index contributed by atoms with van der Waals surface area (Å²) in [7, 11) is 0. The monoisotopic (exact) mass is 341 g/mol. The van der Waals surface area contributed by atoms with Gasteiger partial charge in [0, 0.05) is 6.42 Å². The smallest absolute Gasteiger partial charge is 0.303 e.